The van der Waals surface area contributed by atoms with Crippen molar-refractivity contribution in [2.75, 3.05) is 19.0 Å². The van der Waals surface area contributed by atoms with Gasteiger partial charge in [0.05, 0.1) is 30.6 Å². The zero-order valence-corrected chi connectivity index (χ0v) is 20.5. The van der Waals surface area contributed by atoms with Gasteiger partial charge >= 0.3 is 0 Å². The summed E-state index contributed by atoms with van der Waals surface area (Å²) in [5, 5.41) is 14.7. The van der Waals surface area contributed by atoms with Gasteiger partial charge in [-0.25, -0.2) is 0 Å². The predicted octanol–water partition coefficient (Wildman–Crippen LogP) is 6.77. The highest BCUT2D eigenvalue weighted by Crippen LogP contribution is 2.38. The summed E-state index contributed by atoms with van der Waals surface area (Å²) in [6.45, 7) is 6.11. The SMILES string of the molecule is CCOc1ccc(-c2coc3cc(OC)c(/C(C)=C/C(=O)Nc4cc([N+](=O)[O-])ccc4C)cc23)cc1. The van der Waals surface area contributed by atoms with Crippen LogP contribution in [-0.2, 0) is 4.79 Å². The minimum Gasteiger partial charge on any atom is -0.496 e. The lowest BCUT2D eigenvalue weighted by molar-refractivity contribution is -0.384. The molecule has 1 amide bonds. The van der Waals surface area contributed by atoms with Crippen LogP contribution in [0.5, 0.6) is 11.5 Å². The van der Waals surface area contributed by atoms with Gasteiger partial charge in [-0.15, -0.1) is 0 Å². The average Bonchev–Trinajstić information content (AvgIpc) is 3.28. The minimum absolute atomic E-state index is 0.0921. The molecule has 4 aromatic rings. The number of nitrogens with one attached hydrogen (secondary N) is 1. The van der Waals surface area contributed by atoms with Gasteiger partial charge in [0, 0.05) is 40.8 Å². The Morgan fingerprint density at radius 2 is 1.89 bits per heavy atom. The maximum atomic E-state index is 12.8. The number of hydrogen-bond donors (Lipinski definition) is 1. The topological polar surface area (TPSA) is 104 Å². The third-order valence-corrected chi connectivity index (χ3v) is 5.83. The number of rotatable bonds is 8. The Morgan fingerprint density at radius 1 is 1.14 bits per heavy atom. The number of benzene rings is 3. The average molecular weight is 487 g/mol. The van der Waals surface area contributed by atoms with Crippen molar-refractivity contribution in [2.45, 2.75) is 20.8 Å². The van der Waals surface area contributed by atoms with Crippen molar-refractivity contribution in [1.82, 2.24) is 0 Å². The molecule has 0 aliphatic heterocycles. The molecule has 3 aromatic carbocycles. The Labute approximate surface area is 208 Å². The third-order valence-electron chi connectivity index (χ3n) is 5.83. The van der Waals surface area contributed by atoms with Crippen LogP contribution >= 0.6 is 0 Å². The van der Waals surface area contributed by atoms with Gasteiger partial charge in [0.15, 0.2) is 0 Å². The van der Waals surface area contributed by atoms with Crippen LogP contribution in [0.25, 0.3) is 27.7 Å². The molecule has 0 fully saturated rings. The highest BCUT2D eigenvalue weighted by molar-refractivity contribution is 6.05. The van der Waals surface area contributed by atoms with Gasteiger partial charge in [-0.3, -0.25) is 14.9 Å². The van der Waals surface area contributed by atoms with Crippen molar-refractivity contribution in [3.8, 4) is 22.6 Å². The van der Waals surface area contributed by atoms with E-state index in [1.54, 1.807) is 39.4 Å². The van der Waals surface area contributed by atoms with Crippen LogP contribution in [0.2, 0.25) is 0 Å². The maximum Gasteiger partial charge on any atom is 0.271 e. The summed E-state index contributed by atoms with van der Waals surface area (Å²) in [5.74, 6) is 0.945. The molecule has 0 spiro atoms. The lowest BCUT2D eigenvalue weighted by atomic mass is 9.99. The Morgan fingerprint density at radius 3 is 2.56 bits per heavy atom. The number of nitrogens with zero attached hydrogens (tertiary/aromatic N) is 1. The number of non-ortho nitro benzene ring substituents is 1. The molecular weight excluding hydrogens is 460 g/mol. The van der Waals surface area contributed by atoms with E-state index in [0.29, 0.717) is 29.2 Å². The van der Waals surface area contributed by atoms with Crippen LogP contribution in [0.15, 0.2) is 71.4 Å². The molecule has 8 nitrogen and oxygen atoms in total. The van der Waals surface area contributed by atoms with Gasteiger partial charge in [-0.05, 0) is 55.7 Å². The first-order valence-electron chi connectivity index (χ1n) is 11.4. The predicted molar refractivity (Wildman–Crippen MR) is 139 cm³/mol. The fraction of sp³-hybridized carbons (Fsp3) is 0.179. The molecule has 0 unspecified atom stereocenters. The Hall–Kier alpha value is -4.59. The van der Waals surface area contributed by atoms with E-state index in [1.165, 1.54) is 18.2 Å². The summed E-state index contributed by atoms with van der Waals surface area (Å²) in [6.07, 6.45) is 3.14. The number of ether oxygens (including phenoxy) is 2. The van der Waals surface area contributed by atoms with Crippen LogP contribution in [0.3, 0.4) is 0 Å². The third kappa shape index (κ3) is 5.07. The van der Waals surface area contributed by atoms with E-state index in [9.17, 15) is 14.9 Å². The second kappa shape index (κ2) is 10.4. The molecular formula is C28H26N2O6. The number of aryl methyl sites for hydroxylation is 1. The van der Waals surface area contributed by atoms with Crippen molar-refractivity contribution >= 4 is 33.8 Å². The molecule has 0 saturated heterocycles. The van der Waals surface area contributed by atoms with Gasteiger partial charge in [0.2, 0.25) is 5.91 Å². The Balaban J connectivity index is 1.67. The van der Waals surface area contributed by atoms with Gasteiger partial charge in [0.1, 0.15) is 17.1 Å². The van der Waals surface area contributed by atoms with Gasteiger partial charge in [-0.2, -0.15) is 0 Å². The van der Waals surface area contributed by atoms with E-state index in [4.69, 9.17) is 13.9 Å². The summed E-state index contributed by atoms with van der Waals surface area (Å²) in [6, 6.07) is 15.8. The molecule has 0 bridgehead atoms. The van der Waals surface area contributed by atoms with Gasteiger partial charge in [-0.1, -0.05) is 18.2 Å². The Bertz CT molecular complexity index is 1470. The highest BCUT2D eigenvalue weighted by Gasteiger charge is 2.16. The van der Waals surface area contributed by atoms with E-state index in [2.05, 4.69) is 5.32 Å². The fourth-order valence-electron chi connectivity index (χ4n) is 3.95. The van der Waals surface area contributed by atoms with Crippen LogP contribution in [0, 0.1) is 17.0 Å². The molecule has 0 radical (unpaired) electrons. The molecule has 0 aliphatic carbocycles. The molecule has 1 aromatic heterocycles. The molecule has 1 N–H and O–H groups in total. The number of hydrogen-bond acceptors (Lipinski definition) is 6. The first kappa shape index (κ1) is 24.5. The molecule has 1 heterocycles. The standard InChI is InChI=1S/C28H26N2O6/c1-5-35-21-10-7-19(8-11-21)24-16-36-27-15-26(34-4)22(14-23(24)27)18(3)12-28(31)29-25-13-20(30(32)33)9-6-17(25)2/h6-16H,5H2,1-4H3,(H,29,31)/b18-12+. The number of nitro groups is 1. The quantitative estimate of drug-likeness (QED) is 0.167. The number of fused-ring (bicyclic) bond motifs is 1. The summed E-state index contributed by atoms with van der Waals surface area (Å²) in [4.78, 5) is 23.4. The number of carbonyl (C=O) groups is 1. The number of furan rings is 1. The van der Waals surface area contributed by atoms with Crippen LogP contribution in [0.1, 0.15) is 25.0 Å². The second-order valence-electron chi connectivity index (χ2n) is 8.23. The minimum atomic E-state index is -0.497. The zero-order valence-electron chi connectivity index (χ0n) is 20.5. The van der Waals surface area contributed by atoms with Gasteiger partial charge < -0.3 is 19.2 Å². The number of methoxy groups -OCH3 is 1. The molecule has 4 rings (SSSR count). The zero-order chi connectivity index (χ0) is 25.8. The molecule has 36 heavy (non-hydrogen) atoms. The number of nitro benzene ring substituents is 1. The first-order valence-corrected chi connectivity index (χ1v) is 11.4. The van der Waals surface area contributed by atoms with Crippen LogP contribution < -0.4 is 14.8 Å². The Kier molecular flexibility index (Phi) is 7.05. The van der Waals surface area contributed by atoms with E-state index in [1.807, 2.05) is 37.3 Å². The molecule has 0 atom stereocenters. The summed E-state index contributed by atoms with van der Waals surface area (Å²) in [5.41, 5.74) is 4.92. The van der Waals surface area contributed by atoms with E-state index < -0.39 is 10.8 Å². The summed E-state index contributed by atoms with van der Waals surface area (Å²) >= 11 is 0. The largest absolute Gasteiger partial charge is 0.496 e. The monoisotopic (exact) mass is 486 g/mol. The van der Waals surface area contributed by atoms with Crippen molar-refractivity contribution in [1.29, 1.82) is 0 Å². The van der Waals surface area contributed by atoms with E-state index >= 15 is 0 Å². The van der Waals surface area contributed by atoms with Crippen molar-refractivity contribution < 1.29 is 23.6 Å². The second-order valence-corrected chi connectivity index (χ2v) is 8.23. The number of amides is 1. The fourth-order valence-corrected chi connectivity index (χ4v) is 3.95. The van der Waals surface area contributed by atoms with Crippen molar-refractivity contribution in [3.63, 3.8) is 0 Å². The molecule has 0 aliphatic rings. The number of anilines is 1. The van der Waals surface area contributed by atoms with E-state index in [-0.39, 0.29) is 5.69 Å². The van der Waals surface area contributed by atoms with Crippen molar-refractivity contribution in [2.24, 2.45) is 0 Å². The van der Waals surface area contributed by atoms with Crippen LogP contribution in [-0.4, -0.2) is 24.5 Å². The normalized spacial score (nSPS) is 11.4. The lowest BCUT2D eigenvalue weighted by Crippen LogP contribution is -2.10. The summed E-state index contributed by atoms with van der Waals surface area (Å²) < 4.78 is 16.9. The van der Waals surface area contributed by atoms with Crippen molar-refractivity contribution in [3.05, 3.63) is 88.2 Å². The highest BCUT2D eigenvalue weighted by atomic mass is 16.6. The summed E-state index contributed by atoms with van der Waals surface area (Å²) in [7, 11) is 1.56. The molecule has 184 valence electrons. The smallest absolute Gasteiger partial charge is 0.271 e. The maximum absolute atomic E-state index is 12.8. The number of allylic oxidation sites excluding steroid dienone is 1. The first-order chi connectivity index (χ1) is 17.3. The van der Waals surface area contributed by atoms with Gasteiger partial charge in [0.25, 0.3) is 5.69 Å². The van der Waals surface area contributed by atoms with Crippen LogP contribution in [0.4, 0.5) is 11.4 Å². The molecule has 0 saturated carbocycles. The van der Waals surface area contributed by atoms with E-state index in [0.717, 1.165) is 33.4 Å². The number of carbonyl (C=O) groups excluding carboxylic acids is 1. The molecule has 8 heteroatoms. The lowest BCUT2D eigenvalue weighted by Gasteiger charge is -2.11.